The minimum absolute atomic E-state index is 0.0630. The van der Waals surface area contributed by atoms with Crippen molar-refractivity contribution in [2.24, 2.45) is 0 Å². The summed E-state index contributed by atoms with van der Waals surface area (Å²) in [5.41, 5.74) is 0. The van der Waals surface area contributed by atoms with Crippen LogP contribution in [0.1, 0.15) is 25.6 Å². The molecule has 14 heavy (non-hydrogen) atoms. The van der Waals surface area contributed by atoms with Gasteiger partial charge in [-0.05, 0) is 12.5 Å². The van der Waals surface area contributed by atoms with E-state index in [1.165, 1.54) is 4.88 Å². The van der Waals surface area contributed by atoms with Gasteiger partial charge in [0.05, 0.1) is 0 Å². The number of ether oxygens (including phenoxy) is 1. The van der Waals surface area contributed by atoms with E-state index in [9.17, 15) is 4.79 Å². The molecule has 1 aromatic heterocycles. The van der Waals surface area contributed by atoms with Crippen LogP contribution in [0.5, 0.6) is 5.75 Å². The van der Waals surface area contributed by atoms with Crippen LogP contribution < -0.4 is 10.1 Å². The topological polar surface area (TPSA) is 38.3 Å². The van der Waals surface area contributed by atoms with Crippen LogP contribution in [-0.2, 0) is 11.2 Å². The van der Waals surface area contributed by atoms with Gasteiger partial charge in [0.25, 0.3) is 5.91 Å². The second kappa shape index (κ2) is 5.00. The van der Waals surface area contributed by atoms with E-state index in [2.05, 4.69) is 12.2 Å². The first kappa shape index (κ1) is 11.0. The Morgan fingerprint density at radius 1 is 1.57 bits per heavy atom. The molecule has 1 aliphatic rings. The number of carbonyl (C=O) groups excluding carboxylic acids is 1. The van der Waals surface area contributed by atoms with Gasteiger partial charge >= 0.3 is 0 Å². The Hall–Kier alpha value is -1.03. The summed E-state index contributed by atoms with van der Waals surface area (Å²) in [5.74, 6) is 0.753. The molecule has 0 aliphatic carbocycles. The Balaban J connectivity index is 0.000000461. The highest BCUT2D eigenvalue weighted by atomic mass is 32.1. The number of nitrogens with one attached hydrogen (secondary N) is 1. The molecule has 1 aliphatic heterocycles. The Kier molecular flexibility index (Phi) is 3.95. The van der Waals surface area contributed by atoms with Crippen LogP contribution in [0.25, 0.3) is 0 Å². The molecule has 3 nitrogen and oxygen atoms in total. The highest BCUT2D eigenvalue weighted by Gasteiger charge is 2.18. The molecule has 4 heteroatoms. The fourth-order valence-electron chi connectivity index (χ4n) is 1.10. The molecule has 2 heterocycles. The number of aryl methyl sites for hydroxylation is 1. The van der Waals surface area contributed by atoms with Crippen molar-refractivity contribution in [3.63, 3.8) is 0 Å². The van der Waals surface area contributed by atoms with Crippen LogP contribution in [-0.4, -0.2) is 12.5 Å². The first-order chi connectivity index (χ1) is 6.79. The Morgan fingerprint density at radius 3 is 2.93 bits per heavy atom. The summed E-state index contributed by atoms with van der Waals surface area (Å²) < 4.78 is 5.22. The van der Waals surface area contributed by atoms with Crippen LogP contribution >= 0.6 is 11.3 Å². The van der Waals surface area contributed by atoms with Gasteiger partial charge in [-0.25, -0.2) is 0 Å². The molecule has 0 spiro atoms. The van der Waals surface area contributed by atoms with Gasteiger partial charge < -0.3 is 10.1 Å². The first-order valence-corrected chi connectivity index (χ1v) is 5.66. The third-order valence-corrected chi connectivity index (χ3v) is 2.89. The van der Waals surface area contributed by atoms with Crippen molar-refractivity contribution in [3.8, 4) is 5.75 Å². The Morgan fingerprint density at radius 2 is 2.29 bits per heavy atom. The second-order valence-corrected chi connectivity index (χ2v) is 3.73. The minimum Gasteiger partial charge on any atom is -0.481 e. The largest absolute Gasteiger partial charge is 0.481 e. The highest BCUT2D eigenvalue weighted by molar-refractivity contribution is 7.16. The van der Waals surface area contributed by atoms with Crippen molar-refractivity contribution in [3.05, 3.63) is 10.9 Å². The maximum Gasteiger partial charge on any atom is 0.263 e. The normalized spacial score (nSPS) is 13.2. The average Bonchev–Trinajstić information content (AvgIpc) is 2.62. The summed E-state index contributed by atoms with van der Waals surface area (Å²) in [5, 5.41) is 3.62. The quantitative estimate of drug-likeness (QED) is 0.779. The zero-order chi connectivity index (χ0) is 10.6. The zero-order valence-corrected chi connectivity index (χ0v) is 9.53. The number of fused-ring (bicyclic) bond motifs is 1. The van der Waals surface area contributed by atoms with Gasteiger partial charge in [0.2, 0.25) is 0 Å². The molecule has 78 valence electrons. The van der Waals surface area contributed by atoms with E-state index in [0.29, 0.717) is 0 Å². The summed E-state index contributed by atoms with van der Waals surface area (Å²) in [7, 11) is 0. The van der Waals surface area contributed by atoms with Crippen LogP contribution in [0.2, 0.25) is 0 Å². The molecule has 0 fully saturated rings. The Bertz CT molecular complexity index is 320. The van der Waals surface area contributed by atoms with E-state index in [0.717, 1.165) is 17.2 Å². The number of anilines is 1. The van der Waals surface area contributed by atoms with Crippen molar-refractivity contribution in [2.75, 3.05) is 11.9 Å². The lowest BCUT2D eigenvalue weighted by molar-refractivity contribution is -0.118. The molecule has 1 amide bonds. The lowest BCUT2D eigenvalue weighted by atomic mass is 10.3. The monoisotopic (exact) mass is 213 g/mol. The van der Waals surface area contributed by atoms with E-state index in [1.807, 2.05) is 19.9 Å². The molecule has 0 aromatic carbocycles. The SMILES string of the molecule is CC.CCc1cc2c(s1)NC(=O)CO2. The van der Waals surface area contributed by atoms with Gasteiger partial charge in [0.15, 0.2) is 12.4 Å². The molecule has 0 saturated heterocycles. The van der Waals surface area contributed by atoms with Crippen molar-refractivity contribution in [1.82, 2.24) is 0 Å². The maximum atomic E-state index is 10.9. The molecule has 0 unspecified atom stereocenters. The standard InChI is InChI=1S/C8H9NO2S.C2H6/c1-2-5-3-6-8(12-5)9-7(10)4-11-6;1-2/h3H,2,4H2,1H3,(H,9,10);1-2H3. The molecular weight excluding hydrogens is 198 g/mol. The molecular formula is C10H15NO2S. The van der Waals surface area contributed by atoms with Gasteiger partial charge in [0, 0.05) is 4.88 Å². The van der Waals surface area contributed by atoms with E-state index in [4.69, 9.17) is 4.74 Å². The van der Waals surface area contributed by atoms with Crippen LogP contribution in [0.3, 0.4) is 0 Å². The fraction of sp³-hybridized carbons (Fsp3) is 0.500. The first-order valence-electron chi connectivity index (χ1n) is 4.85. The van der Waals surface area contributed by atoms with E-state index in [1.54, 1.807) is 11.3 Å². The summed E-state index contributed by atoms with van der Waals surface area (Å²) in [6.45, 7) is 6.23. The molecule has 1 aromatic rings. The van der Waals surface area contributed by atoms with Crippen molar-refractivity contribution in [2.45, 2.75) is 27.2 Å². The molecule has 0 atom stereocenters. The van der Waals surface area contributed by atoms with E-state index >= 15 is 0 Å². The van der Waals surface area contributed by atoms with Crippen molar-refractivity contribution >= 4 is 22.2 Å². The van der Waals surface area contributed by atoms with Crippen LogP contribution in [0.15, 0.2) is 6.07 Å². The molecule has 0 bridgehead atoms. The third-order valence-electron chi connectivity index (χ3n) is 1.71. The summed E-state index contributed by atoms with van der Waals surface area (Å²) in [4.78, 5) is 12.1. The fourth-order valence-corrected chi connectivity index (χ4v) is 2.05. The summed E-state index contributed by atoms with van der Waals surface area (Å²) in [6, 6.07) is 1.99. The number of hydrogen-bond acceptors (Lipinski definition) is 3. The van der Waals surface area contributed by atoms with Gasteiger partial charge in [-0.3, -0.25) is 4.79 Å². The van der Waals surface area contributed by atoms with Crippen molar-refractivity contribution in [1.29, 1.82) is 0 Å². The summed E-state index contributed by atoms with van der Waals surface area (Å²) in [6.07, 6.45) is 0.983. The maximum absolute atomic E-state index is 10.9. The smallest absolute Gasteiger partial charge is 0.263 e. The van der Waals surface area contributed by atoms with E-state index < -0.39 is 0 Å². The number of rotatable bonds is 1. The number of hydrogen-bond donors (Lipinski definition) is 1. The van der Waals surface area contributed by atoms with Gasteiger partial charge in [-0.2, -0.15) is 0 Å². The van der Waals surface area contributed by atoms with Crippen molar-refractivity contribution < 1.29 is 9.53 Å². The van der Waals surface area contributed by atoms with Gasteiger partial charge in [0.1, 0.15) is 5.00 Å². The molecule has 1 N–H and O–H groups in total. The average molecular weight is 213 g/mol. The van der Waals surface area contributed by atoms with Crippen LogP contribution in [0, 0.1) is 0 Å². The predicted octanol–water partition coefficient (Wildman–Crippen LogP) is 2.67. The second-order valence-electron chi connectivity index (χ2n) is 2.60. The lowest BCUT2D eigenvalue weighted by Gasteiger charge is -2.12. The number of carbonyl (C=O) groups is 1. The van der Waals surface area contributed by atoms with Gasteiger partial charge in [-0.15, -0.1) is 11.3 Å². The lowest BCUT2D eigenvalue weighted by Crippen LogP contribution is -2.23. The molecule has 0 radical (unpaired) electrons. The zero-order valence-electron chi connectivity index (χ0n) is 8.72. The third kappa shape index (κ3) is 2.26. The number of amides is 1. The predicted molar refractivity (Wildman–Crippen MR) is 59.2 cm³/mol. The van der Waals surface area contributed by atoms with Gasteiger partial charge in [-0.1, -0.05) is 20.8 Å². The van der Waals surface area contributed by atoms with E-state index in [-0.39, 0.29) is 12.5 Å². The number of thiophene rings is 1. The molecule has 2 rings (SSSR count). The Labute approximate surface area is 88.1 Å². The van der Waals surface area contributed by atoms with Crippen LogP contribution in [0.4, 0.5) is 5.00 Å². The molecule has 0 saturated carbocycles. The minimum atomic E-state index is -0.0630. The summed E-state index contributed by atoms with van der Waals surface area (Å²) >= 11 is 1.58. The highest BCUT2D eigenvalue weighted by Crippen LogP contribution is 2.36.